The highest BCUT2D eigenvalue weighted by Crippen LogP contribution is 2.60. The number of rotatable bonds is 11. The van der Waals surface area contributed by atoms with Crippen molar-refractivity contribution >= 4 is 22.9 Å². The van der Waals surface area contributed by atoms with Crippen LogP contribution in [0.5, 0.6) is 0 Å². The minimum atomic E-state index is -2.10. The largest absolute Gasteiger partial charge is 0.410 e. The van der Waals surface area contributed by atoms with E-state index in [-0.39, 0.29) is 22.3 Å². The number of carbonyl (C=O) groups is 1. The summed E-state index contributed by atoms with van der Waals surface area (Å²) in [6, 6.07) is 0. The van der Waals surface area contributed by atoms with Gasteiger partial charge in [-0.05, 0) is 136 Å². The van der Waals surface area contributed by atoms with Gasteiger partial charge in [0.25, 0.3) is 0 Å². The normalized spacial score (nSPS) is 31.8. The molecule has 0 spiro atoms. The maximum absolute atomic E-state index is 12.0. The number of hydrogen-bond donors (Lipinski definition) is 1. The summed E-state index contributed by atoms with van der Waals surface area (Å²) >= 11 is 0. The Morgan fingerprint density at radius 3 is 1.91 bits per heavy atom. The summed E-state index contributed by atoms with van der Waals surface area (Å²) in [5.74, 6) is 2.11. The Morgan fingerprint density at radius 2 is 1.43 bits per heavy atom. The van der Waals surface area contributed by atoms with Gasteiger partial charge in [0.05, 0.1) is 17.8 Å². The SMILES string of the molecule is C[C@@H](CCCC(C)(C)O)C1CCC2/C(=C/C=C3C[C@H](O[Si](C)(C)C(C)(C)C)C(=CC=O)[C@H](O[Si](C)(C)C(C)(C)C)C3)CCCC21C. The topological polar surface area (TPSA) is 55.8 Å². The summed E-state index contributed by atoms with van der Waals surface area (Å²) in [7, 11) is -4.19. The molecule has 3 saturated carbocycles. The Bertz CT molecular complexity index is 1100. The Morgan fingerprint density at radius 1 is 0.891 bits per heavy atom. The van der Waals surface area contributed by atoms with Crippen LogP contribution < -0.4 is 0 Å². The highest BCUT2D eigenvalue weighted by Gasteiger charge is 2.51. The Hall–Kier alpha value is -0.796. The predicted octanol–water partition coefficient (Wildman–Crippen LogP) is 11.3. The van der Waals surface area contributed by atoms with Crippen molar-refractivity contribution in [1.29, 1.82) is 0 Å². The van der Waals surface area contributed by atoms with Crippen molar-refractivity contribution in [2.24, 2.45) is 23.2 Å². The molecule has 6 atom stereocenters. The Kier molecular flexibility index (Phi) is 12.6. The first-order valence-corrected chi connectivity index (χ1v) is 24.4. The fourth-order valence-corrected chi connectivity index (χ4v) is 10.8. The summed E-state index contributed by atoms with van der Waals surface area (Å²) in [5.41, 5.74) is 3.88. The molecule has 3 aliphatic carbocycles. The maximum atomic E-state index is 12.0. The van der Waals surface area contributed by atoms with Crippen LogP contribution in [-0.2, 0) is 13.6 Å². The monoisotopic (exact) mass is 672 g/mol. The highest BCUT2D eigenvalue weighted by molar-refractivity contribution is 6.74. The lowest BCUT2D eigenvalue weighted by Gasteiger charge is -2.46. The minimum Gasteiger partial charge on any atom is -0.410 e. The molecule has 0 bridgehead atoms. The Labute approximate surface area is 286 Å². The molecule has 0 heterocycles. The average molecular weight is 673 g/mol. The van der Waals surface area contributed by atoms with Crippen LogP contribution in [0.15, 0.2) is 34.9 Å². The third kappa shape index (κ3) is 9.46. The second kappa shape index (κ2) is 14.6. The van der Waals surface area contributed by atoms with Crippen molar-refractivity contribution < 1.29 is 18.8 Å². The molecule has 3 rings (SSSR count). The average Bonchev–Trinajstić information content (AvgIpc) is 3.24. The van der Waals surface area contributed by atoms with E-state index in [9.17, 15) is 9.90 Å². The van der Waals surface area contributed by atoms with Crippen molar-refractivity contribution in [3.05, 3.63) is 34.9 Å². The lowest BCUT2D eigenvalue weighted by molar-refractivity contribution is -0.104. The van der Waals surface area contributed by atoms with Crippen LogP contribution in [0.25, 0.3) is 0 Å². The first kappa shape index (κ1) is 39.6. The van der Waals surface area contributed by atoms with Gasteiger partial charge in [-0.25, -0.2) is 0 Å². The number of hydrogen-bond acceptors (Lipinski definition) is 4. The quantitative estimate of drug-likeness (QED) is 0.135. The van der Waals surface area contributed by atoms with Gasteiger partial charge in [0, 0.05) is 0 Å². The highest BCUT2D eigenvalue weighted by atomic mass is 28.4. The zero-order valence-corrected chi connectivity index (χ0v) is 34.4. The molecule has 0 amide bonds. The lowest BCUT2D eigenvalue weighted by Crippen LogP contribution is -2.50. The van der Waals surface area contributed by atoms with Crippen molar-refractivity contribution in [3.8, 4) is 0 Å². The van der Waals surface area contributed by atoms with E-state index < -0.39 is 22.2 Å². The van der Waals surface area contributed by atoms with Crippen LogP contribution >= 0.6 is 0 Å². The van der Waals surface area contributed by atoms with E-state index in [0.29, 0.717) is 17.3 Å². The van der Waals surface area contributed by atoms with Crippen LogP contribution in [0.2, 0.25) is 36.3 Å². The standard InChI is InChI=1S/C40H72O4Si2/c1-29(17-15-24-39(8,9)42)33-21-22-34-31(18-16-25-40(33,34)10)20-19-30-27-35(43-45(11,12)37(2,3)4)32(23-26-41)36(28-30)44-46(13,14)38(5,6)7/h19-20,23,26,29,33-36,42H,15-18,21-22,24-25,27-28H2,1-14H3/b30-19?,31-20+,32-23?/t29-,33?,34?,35-,36+,40?/m0/s1. The van der Waals surface area contributed by atoms with E-state index in [1.165, 1.54) is 44.1 Å². The van der Waals surface area contributed by atoms with E-state index in [2.05, 4.69) is 93.7 Å². The van der Waals surface area contributed by atoms with Crippen LogP contribution in [0.1, 0.15) is 133 Å². The number of carbonyl (C=O) groups excluding carboxylic acids is 1. The van der Waals surface area contributed by atoms with Gasteiger partial charge in [-0.15, -0.1) is 0 Å². The van der Waals surface area contributed by atoms with Gasteiger partial charge in [0.2, 0.25) is 0 Å². The number of allylic oxidation sites excluding steroid dienone is 4. The van der Waals surface area contributed by atoms with Gasteiger partial charge in [-0.2, -0.15) is 0 Å². The molecular formula is C40H72O4Si2. The second-order valence-electron chi connectivity index (χ2n) is 19.3. The van der Waals surface area contributed by atoms with Crippen LogP contribution in [0, 0.1) is 23.2 Å². The number of fused-ring (bicyclic) bond motifs is 1. The zero-order chi connectivity index (χ0) is 34.9. The molecule has 46 heavy (non-hydrogen) atoms. The third-order valence-corrected chi connectivity index (χ3v) is 22.1. The molecule has 4 nitrogen and oxygen atoms in total. The van der Waals surface area contributed by atoms with Gasteiger partial charge in [0.15, 0.2) is 16.6 Å². The lowest BCUT2D eigenvalue weighted by atomic mass is 9.60. The van der Waals surface area contributed by atoms with Gasteiger partial charge in [-0.3, -0.25) is 4.79 Å². The predicted molar refractivity (Wildman–Crippen MR) is 201 cm³/mol. The van der Waals surface area contributed by atoms with E-state index in [4.69, 9.17) is 8.85 Å². The Balaban J connectivity index is 1.92. The molecule has 3 unspecified atom stereocenters. The number of aliphatic hydroxyl groups is 1. The summed E-state index contributed by atoms with van der Waals surface area (Å²) in [5, 5.41) is 10.4. The van der Waals surface area contributed by atoms with Gasteiger partial charge in [-0.1, -0.05) is 91.5 Å². The molecule has 6 heteroatoms. The van der Waals surface area contributed by atoms with Crippen molar-refractivity contribution in [2.45, 2.75) is 188 Å². The first-order valence-electron chi connectivity index (χ1n) is 18.5. The van der Waals surface area contributed by atoms with E-state index in [1.54, 1.807) is 11.6 Å². The fourth-order valence-electron chi connectivity index (χ4n) is 8.21. The second-order valence-corrected chi connectivity index (χ2v) is 28.8. The number of aldehydes is 1. The smallest absolute Gasteiger partial charge is 0.192 e. The molecule has 0 aliphatic heterocycles. The molecule has 0 aromatic rings. The van der Waals surface area contributed by atoms with Gasteiger partial charge in [0.1, 0.15) is 6.29 Å². The molecule has 264 valence electrons. The van der Waals surface area contributed by atoms with Gasteiger partial charge < -0.3 is 14.0 Å². The molecule has 3 fully saturated rings. The van der Waals surface area contributed by atoms with Crippen molar-refractivity contribution in [3.63, 3.8) is 0 Å². The molecule has 3 aliphatic rings. The molecular weight excluding hydrogens is 601 g/mol. The molecule has 0 radical (unpaired) electrons. The van der Waals surface area contributed by atoms with E-state index in [1.807, 2.05) is 13.8 Å². The summed E-state index contributed by atoms with van der Waals surface area (Å²) in [6.07, 6.45) is 18.7. The molecule has 0 aromatic heterocycles. The maximum Gasteiger partial charge on any atom is 0.192 e. The van der Waals surface area contributed by atoms with E-state index >= 15 is 0 Å². The summed E-state index contributed by atoms with van der Waals surface area (Å²) in [4.78, 5) is 12.0. The van der Waals surface area contributed by atoms with Crippen LogP contribution in [0.3, 0.4) is 0 Å². The van der Waals surface area contributed by atoms with Crippen LogP contribution in [-0.4, -0.2) is 45.8 Å². The summed E-state index contributed by atoms with van der Waals surface area (Å²) < 4.78 is 14.2. The fraction of sp³-hybridized carbons (Fsp3) is 0.825. The van der Waals surface area contributed by atoms with Crippen molar-refractivity contribution in [1.82, 2.24) is 0 Å². The summed E-state index contributed by atoms with van der Waals surface area (Å²) in [6.45, 7) is 32.0. The first-order chi connectivity index (χ1) is 20.9. The minimum absolute atomic E-state index is 0.0788. The zero-order valence-electron chi connectivity index (χ0n) is 32.4. The molecule has 1 N–H and O–H groups in total. The van der Waals surface area contributed by atoms with Gasteiger partial charge >= 0.3 is 0 Å². The molecule has 0 aromatic carbocycles. The van der Waals surface area contributed by atoms with E-state index in [0.717, 1.165) is 43.5 Å². The van der Waals surface area contributed by atoms with Crippen LogP contribution in [0.4, 0.5) is 0 Å². The molecule has 0 saturated heterocycles. The third-order valence-electron chi connectivity index (χ3n) is 13.1. The van der Waals surface area contributed by atoms with Crippen molar-refractivity contribution in [2.75, 3.05) is 0 Å².